The van der Waals surface area contributed by atoms with Crippen molar-refractivity contribution in [2.75, 3.05) is 31.1 Å². The van der Waals surface area contributed by atoms with Crippen LogP contribution in [0.15, 0.2) is 41.1 Å². The summed E-state index contributed by atoms with van der Waals surface area (Å²) in [6.07, 6.45) is -2.57. The predicted octanol–water partition coefficient (Wildman–Crippen LogP) is 6.08. The highest BCUT2D eigenvalue weighted by molar-refractivity contribution is 9.10. The molecule has 2 fully saturated rings. The number of hydrogen-bond acceptors (Lipinski definition) is 5. The van der Waals surface area contributed by atoms with Gasteiger partial charge in [-0.1, -0.05) is 23.2 Å². The van der Waals surface area contributed by atoms with E-state index in [9.17, 15) is 26.3 Å². The Hall–Kier alpha value is -1.47. The first-order chi connectivity index (χ1) is 16.4. The Labute approximate surface area is 217 Å². The van der Waals surface area contributed by atoms with Crippen molar-refractivity contribution < 1.29 is 26.3 Å². The number of halogens is 9. The van der Waals surface area contributed by atoms with Gasteiger partial charge in [0.05, 0.1) is 24.7 Å². The molecular weight excluding hydrogens is 587 g/mol. The minimum atomic E-state index is -4.22. The van der Waals surface area contributed by atoms with E-state index < -0.39 is 24.4 Å². The van der Waals surface area contributed by atoms with Gasteiger partial charge in [0.2, 0.25) is 0 Å². The van der Waals surface area contributed by atoms with Gasteiger partial charge >= 0.3 is 12.4 Å². The number of aromatic nitrogens is 2. The fourth-order valence-corrected chi connectivity index (χ4v) is 3.57. The van der Waals surface area contributed by atoms with E-state index in [1.54, 1.807) is 29.3 Å². The van der Waals surface area contributed by atoms with Crippen LogP contribution in [0.4, 0.5) is 32.0 Å². The van der Waals surface area contributed by atoms with Crippen molar-refractivity contribution >= 4 is 44.8 Å². The van der Waals surface area contributed by atoms with Crippen molar-refractivity contribution in [1.29, 1.82) is 0 Å². The first kappa shape index (κ1) is 29.8. The molecule has 35 heavy (non-hydrogen) atoms. The Bertz CT molecular complexity index is 857. The molecule has 2 saturated heterocycles. The number of piperazine rings is 1. The van der Waals surface area contributed by atoms with Gasteiger partial charge in [-0.25, -0.2) is 9.97 Å². The second-order valence-electron chi connectivity index (χ2n) is 7.50. The number of anilines is 1. The lowest BCUT2D eigenvalue weighted by molar-refractivity contribution is -0.158. The van der Waals surface area contributed by atoms with Crippen molar-refractivity contribution in [2.45, 2.75) is 37.3 Å². The van der Waals surface area contributed by atoms with Crippen LogP contribution in [-0.4, -0.2) is 60.6 Å². The van der Waals surface area contributed by atoms with E-state index in [4.69, 9.17) is 23.2 Å². The molecule has 2 aliphatic rings. The van der Waals surface area contributed by atoms with Crippen LogP contribution in [-0.2, 0) is 0 Å². The van der Waals surface area contributed by atoms with Gasteiger partial charge in [-0.2, -0.15) is 26.3 Å². The second-order valence-corrected chi connectivity index (χ2v) is 9.19. The van der Waals surface area contributed by atoms with Gasteiger partial charge in [-0.3, -0.25) is 5.32 Å². The standard InChI is InChI=1S/C10H11ClF3N3.C6H9F3N.C5H3BrClN/c11-9-2-1-7(5-16-9)17-4-3-15-8(6-17)10(12,13)14;7-6(8,9)5-3-1-2-4-10-5;6-4-1-2-5(7)8-3-4/h1-2,5,8,15H,3-4,6H2;2,5,10H,1,3-4H2;1-3H/q;+1;. The molecule has 14 heteroatoms. The smallest absolute Gasteiger partial charge is 0.367 e. The molecule has 0 radical (unpaired) electrons. The summed E-state index contributed by atoms with van der Waals surface area (Å²) in [4.78, 5) is 9.31. The molecule has 2 aromatic rings. The number of piperidine rings is 1. The first-order valence-electron chi connectivity index (χ1n) is 10.4. The average molecular weight is 610 g/mol. The Morgan fingerprint density at radius 2 is 1.54 bits per heavy atom. The molecule has 2 aliphatic heterocycles. The third-order valence-corrected chi connectivity index (χ3v) is 5.82. The maximum absolute atomic E-state index is 12.6. The number of pyridine rings is 2. The molecule has 0 aliphatic carbocycles. The van der Waals surface area contributed by atoms with E-state index in [0.717, 1.165) is 4.47 Å². The molecule has 2 atom stereocenters. The van der Waals surface area contributed by atoms with Gasteiger partial charge in [-0.15, -0.1) is 0 Å². The molecule has 5 nitrogen and oxygen atoms in total. The fraction of sp³-hybridized carbons (Fsp3) is 0.476. The summed E-state index contributed by atoms with van der Waals surface area (Å²) in [7, 11) is 0. The molecule has 0 saturated carbocycles. The molecule has 2 N–H and O–H groups in total. The van der Waals surface area contributed by atoms with Crippen molar-refractivity contribution in [3.63, 3.8) is 0 Å². The molecule has 0 amide bonds. The highest BCUT2D eigenvalue weighted by Gasteiger charge is 2.42. The summed E-state index contributed by atoms with van der Waals surface area (Å²) in [6, 6.07) is 4.04. The lowest BCUT2D eigenvalue weighted by Gasteiger charge is -2.35. The highest BCUT2D eigenvalue weighted by Crippen LogP contribution is 2.26. The molecule has 4 heterocycles. The number of nitrogens with one attached hydrogen (secondary N) is 2. The SMILES string of the molecule is Clc1ccc(Br)cn1.FC(F)(F)C1CC[CH+]CN1.FC(F)(F)C1CN(c2ccc(Cl)nc2)CCN1. The molecule has 4 rings (SSSR count). The fourth-order valence-electron chi connectivity index (χ4n) is 3.11. The van der Waals surface area contributed by atoms with Gasteiger partial charge in [-0.05, 0) is 40.2 Å². The summed E-state index contributed by atoms with van der Waals surface area (Å²) in [6.45, 7) is 1.10. The van der Waals surface area contributed by atoms with E-state index in [2.05, 4.69) is 36.5 Å². The monoisotopic (exact) mass is 608 g/mol. The summed E-state index contributed by atoms with van der Waals surface area (Å²) in [5.41, 5.74) is 0.658. The van der Waals surface area contributed by atoms with Crippen LogP contribution in [0.25, 0.3) is 0 Å². The van der Waals surface area contributed by atoms with Gasteiger partial charge < -0.3 is 10.2 Å². The molecular formula is C21H23BrCl2F6N5+. The van der Waals surface area contributed by atoms with Crippen LogP contribution in [0.5, 0.6) is 0 Å². The summed E-state index contributed by atoms with van der Waals surface area (Å²) < 4.78 is 74.2. The normalized spacial score (nSPS) is 20.5. The number of hydrogen-bond donors (Lipinski definition) is 2. The lowest BCUT2D eigenvalue weighted by atomic mass is 10.1. The van der Waals surface area contributed by atoms with Crippen LogP contribution in [0.1, 0.15) is 12.8 Å². The highest BCUT2D eigenvalue weighted by atomic mass is 79.9. The maximum Gasteiger partial charge on any atom is 0.405 e. The Balaban J connectivity index is 0.000000204. The van der Waals surface area contributed by atoms with Crippen molar-refractivity contribution in [3.8, 4) is 0 Å². The van der Waals surface area contributed by atoms with Gasteiger partial charge in [0.25, 0.3) is 0 Å². The third-order valence-electron chi connectivity index (χ3n) is 4.90. The van der Waals surface area contributed by atoms with Gasteiger partial charge in [0.1, 0.15) is 28.9 Å². The van der Waals surface area contributed by atoms with Gasteiger partial charge in [0, 0.05) is 36.7 Å². The Kier molecular flexibility index (Phi) is 11.7. The topological polar surface area (TPSA) is 53.1 Å². The van der Waals surface area contributed by atoms with Crippen LogP contribution >= 0.6 is 39.1 Å². The lowest BCUT2D eigenvalue weighted by Crippen LogP contribution is -2.57. The largest absolute Gasteiger partial charge is 0.405 e. The molecule has 2 unspecified atom stereocenters. The van der Waals surface area contributed by atoms with E-state index in [1.807, 2.05) is 12.5 Å². The zero-order valence-electron chi connectivity index (χ0n) is 18.2. The zero-order chi connectivity index (χ0) is 26.1. The van der Waals surface area contributed by atoms with Crippen LogP contribution in [0, 0.1) is 6.42 Å². The minimum absolute atomic E-state index is 0.104. The van der Waals surface area contributed by atoms with Crippen LogP contribution < -0.4 is 15.5 Å². The van der Waals surface area contributed by atoms with Crippen LogP contribution in [0.3, 0.4) is 0 Å². The first-order valence-corrected chi connectivity index (χ1v) is 12.0. The second kappa shape index (κ2) is 13.7. The Morgan fingerprint density at radius 1 is 0.914 bits per heavy atom. The number of nitrogens with zero attached hydrogens (tertiary/aromatic N) is 3. The third kappa shape index (κ3) is 11.0. The van der Waals surface area contributed by atoms with Crippen molar-refractivity contribution in [2.24, 2.45) is 0 Å². The van der Waals surface area contributed by atoms with E-state index >= 15 is 0 Å². The molecule has 194 valence electrons. The summed E-state index contributed by atoms with van der Waals surface area (Å²) in [5, 5.41) is 5.69. The van der Waals surface area contributed by atoms with Gasteiger partial charge in [0.15, 0.2) is 0 Å². The minimum Gasteiger partial charge on any atom is -0.367 e. The predicted molar refractivity (Wildman–Crippen MR) is 128 cm³/mol. The Morgan fingerprint density at radius 3 is 1.97 bits per heavy atom. The average Bonchev–Trinajstić information content (AvgIpc) is 2.82. The van der Waals surface area contributed by atoms with E-state index in [1.165, 1.54) is 6.20 Å². The van der Waals surface area contributed by atoms with E-state index in [0.29, 0.717) is 42.0 Å². The number of alkyl halides is 6. The number of rotatable bonds is 1. The summed E-state index contributed by atoms with van der Waals surface area (Å²) >= 11 is 14.3. The molecule has 0 bridgehead atoms. The van der Waals surface area contributed by atoms with Crippen molar-refractivity contribution in [3.05, 3.63) is 57.9 Å². The summed E-state index contributed by atoms with van der Waals surface area (Å²) in [5.74, 6) is 0. The molecule has 2 aromatic heterocycles. The maximum atomic E-state index is 12.6. The van der Waals surface area contributed by atoms with Crippen LogP contribution in [0.2, 0.25) is 10.3 Å². The quantitative estimate of drug-likeness (QED) is 0.233. The molecule has 0 spiro atoms. The zero-order valence-corrected chi connectivity index (χ0v) is 21.3. The van der Waals surface area contributed by atoms with Crippen molar-refractivity contribution in [1.82, 2.24) is 20.6 Å². The molecule has 0 aromatic carbocycles. The van der Waals surface area contributed by atoms with E-state index in [-0.39, 0.29) is 13.0 Å².